The normalized spacial score (nSPS) is 12.5. The van der Waals surface area contributed by atoms with E-state index in [2.05, 4.69) is 5.32 Å². The highest BCUT2D eigenvalue weighted by Crippen LogP contribution is 2.29. The van der Waals surface area contributed by atoms with E-state index >= 15 is 0 Å². The van der Waals surface area contributed by atoms with Gasteiger partial charge in [0.2, 0.25) is 6.30 Å². The Morgan fingerprint density at radius 3 is 2.26 bits per heavy atom. The molecule has 1 amide bonds. The minimum atomic E-state index is -2.19. The summed E-state index contributed by atoms with van der Waals surface area (Å²) in [5.41, 5.74) is 6.53. The van der Waals surface area contributed by atoms with Gasteiger partial charge in [-0.15, -0.1) is 0 Å². The molecule has 2 aromatic rings. The van der Waals surface area contributed by atoms with Gasteiger partial charge < -0.3 is 14.8 Å². The van der Waals surface area contributed by atoms with Gasteiger partial charge in [0, 0.05) is 12.0 Å². The Morgan fingerprint density at radius 1 is 0.971 bits per heavy atom. The molecule has 0 aliphatic heterocycles. The van der Waals surface area contributed by atoms with Crippen LogP contribution in [0.15, 0.2) is 54.6 Å². The van der Waals surface area contributed by atoms with Crippen molar-refractivity contribution in [1.29, 1.82) is 0 Å². The lowest BCUT2D eigenvalue weighted by atomic mass is 10.0. The van der Waals surface area contributed by atoms with Crippen LogP contribution in [-0.4, -0.2) is 42.6 Å². The predicted octanol–water partition coefficient (Wildman–Crippen LogP) is 2.94. The first kappa shape index (κ1) is 26.7. The monoisotopic (exact) mass is 472 g/mol. The number of benzene rings is 2. The minimum absolute atomic E-state index is 0.00112. The summed E-state index contributed by atoms with van der Waals surface area (Å²) in [7, 11) is 0. The summed E-state index contributed by atoms with van der Waals surface area (Å²) in [4.78, 5) is 48.0. The van der Waals surface area contributed by atoms with Gasteiger partial charge in [-0.1, -0.05) is 62.4 Å². The van der Waals surface area contributed by atoms with Crippen molar-refractivity contribution in [1.82, 2.24) is 5.32 Å². The zero-order chi connectivity index (χ0) is 25.1. The van der Waals surface area contributed by atoms with Crippen molar-refractivity contribution in [2.45, 2.75) is 45.4 Å². The number of Topliss-reactive ketones (excluding diaryl/α,β-unsaturated/α-hetero) is 1. The number of carbonyl (C=O) groups excluding carboxylic acids is 4. The number of esters is 2. The van der Waals surface area contributed by atoms with Crippen molar-refractivity contribution >= 4 is 23.6 Å². The number of para-hydroxylation sites is 1. The highest BCUT2D eigenvalue weighted by atomic mass is 19.1. The summed E-state index contributed by atoms with van der Waals surface area (Å²) >= 11 is 0. The molecule has 182 valence electrons. The molecular weight excluding hydrogens is 443 g/mol. The van der Waals surface area contributed by atoms with Gasteiger partial charge in [-0.2, -0.15) is 0 Å². The summed E-state index contributed by atoms with van der Waals surface area (Å²) in [5.74, 6) is -3.01. The van der Waals surface area contributed by atoms with E-state index in [0.29, 0.717) is 5.75 Å². The number of carbonyl (C=O) groups is 4. The molecule has 9 heteroatoms. The molecule has 0 aromatic heterocycles. The lowest BCUT2D eigenvalue weighted by Gasteiger charge is -2.19. The summed E-state index contributed by atoms with van der Waals surface area (Å²) in [6.45, 7) is 3.31. The number of halogens is 1. The zero-order valence-corrected chi connectivity index (χ0v) is 19.2. The molecule has 0 aliphatic carbocycles. The first-order valence-corrected chi connectivity index (χ1v) is 10.9. The molecule has 1 unspecified atom stereocenters. The molecular formula is C25H29FN2O6. The highest BCUT2D eigenvalue weighted by molar-refractivity contribution is 5.93. The summed E-state index contributed by atoms with van der Waals surface area (Å²) in [6.07, 6.45) is -2.96. The van der Waals surface area contributed by atoms with Gasteiger partial charge in [0.15, 0.2) is 12.4 Å². The van der Waals surface area contributed by atoms with Crippen molar-refractivity contribution in [3.05, 3.63) is 54.6 Å². The lowest BCUT2D eigenvalue weighted by molar-refractivity contribution is -0.162. The van der Waals surface area contributed by atoms with Crippen LogP contribution in [0.25, 0.3) is 11.1 Å². The number of hydrogen-bond acceptors (Lipinski definition) is 7. The van der Waals surface area contributed by atoms with Gasteiger partial charge in [-0.3, -0.25) is 20.1 Å². The number of ether oxygens (including phenoxy) is 2. The topological polar surface area (TPSA) is 125 Å². The Morgan fingerprint density at radius 2 is 1.62 bits per heavy atom. The van der Waals surface area contributed by atoms with E-state index in [0.717, 1.165) is 11.1 Å². The highest BCUT2D eigenvalue weighted by Gasteiger charge is 2.26. The molecule has 2 atom stereocenters. The van der Waals surface area contributed by atoms with E-state index in [4.69, 9.17) is 15.2 Å². The number of ketones is 1. The average molecular weight is 473 g/mol. The Labute approximate surface area is 197 Å². The predicted molar refractivity (Wildman–Crippen MR) is 123 cm³/mol. The minimum Gasteiger partial charge on any atom is -0.483 e. The fraction of sp³-hybridized carbons (Fsp3) is 0.360. The Balaban J connectivity index is 1.96. The van der Waals surface area contributed by atoms with Crippen LogP contribution in [0.5, 0.6) is 5.75 Å². The lowest BCUT2D eigenvalue weighted by Crippen LogP contribution is -2.45. The fourth-order valence-electron chi connectivity index (χ4n) is 3.11. The maximum absolute atomic E-state index is 12.7. The van der Waals surface area contributed by atoms with Gasteiger partial charge in [0.05, 0.1) is 6.42 Å². The Hall–Kier alpha value is -3.59. The van der Waals surface area contributed by atoms with Crippen LogP contribution >= 0.6 is 0 Å². The largest absolute Gasteiger partial charge is 0.483 e. The molecule has 2 aromatic carbocycles. The first-order chi connectivity index (χ1) is 16.2. The van der Waals surface area contributed by atoms with Crippen LogP contribution in [0.2, 0.25) is 0 Å². The fourth-order valence-corrected chi connectivity index (χ4v) is 3.11. The van der Waals surface area contributed by atoms with E-state index in [1.54, 1.807) is 12.1 Å². The molecule has 0 bridgehead atoms. The molecule has 0 aliphatic rings. The smallest absolute Gasteiger partial charge is 0.336 e. The molecule has 0 saturated carbocycles. The van der Waals surface area contributed by atoms with Gasteiger partial charge in [0.25, 0.3) is 5.91 Å². The van der Waals surface area contributed by atoms with E-state index < -0.39 is 48.8 Å². The maximum Gasteiger partial charge on any atom is 0.336 e. The molecule has 0 spiro atoms. The number of hydrogen-bond donors (Lipinski definition) is 2. The first-order valence-electron chi connectivity index (χ1n) is 10.9. The molecule has 2 rings (SSSR count). The van der Waals surface area contributed by atoms with Crippen molar-refractivity contribution in [3.8, 4) is 16.9 Å². The molecule has 0 radical (unpaired) electrons. The van der Waals surface area contributed by atoms with Gasteiger partial charge >= 0.3 is 11.9 Å². The van der Waals surface area contributed by atoms with Crippen LogP contribution in [0.4, 0.5) is 4.39 Å². The zero-order valence-electron chi connectivity index (χ0n) is 19.2. The second-order valence-corrected chi connectivity index (χ2v) is 8.06. The van der Waals surface area contributed by atoms with Gasteiger partial charge in [-0.25, -0.2) is 9.18 Å². The number of alkyl halides is 1. The molecule has 0 fully saturated rings. The molecule has 3 N–H and O–H groups in total. The van der Waals surface area contributed by atoms with Crippen LogP contribution < -0.4 is 15.8 Å². The summed E-state index contributed by atoms with van der Waals surface area (Å²) < 4.78 is 23.1. The number of rotatable bonds is 12. The van der Waals surface area contributed by atoms with E-state index in [-0.39, 0.29) is 18.9 Å². The van der Waals surface area contributed by atoms with E-state index in [1.165, 1.54) is 0 Å². The van der Waals surface area contributed by atoms with Crippen molar-refractivity contribution in [2.75, 3.05) is 6.61 Å². The second kappa shape index (κ2) is 13.2. The molecule has 8 nitrogen and oxygen atoms in total. The third kappa shape index (κ3) is 8.74. The SMILES string of the molecule is CC(C)C[C@H](NC(=O)COc1ccccc1-c1ccccc1)C(=O)OC(=O)CCC(=O)C(N)F. The second-order valence-electron chi connectivity index (χ2n) is 8.06. The summed E-state index contributed by atoms with van der Waals surface area (Å²) in [6, 6.07) is 15.7. The number of nitrogens with one attached hydrogen (secondary N) is 1. The third-order valence-electron chi connectivity index (χ3n) is 4.76. The third-order valence-corrected chi connectivity index (χ3v) is 4.76. The molecule has 0 saturated heterocycles. The van der Waals surface area contributed by atoms with Gasteiger partial charge in [-0.05, 0) is 24.0 Å². The number of amides is 1. The standard InChI is InChI=1S/C25H29FN2O6/c1-16(2)14-19(25(32)34-23(31)13-12-20(29)24(26)27)28-22(30)15-33-21-11-7-6-10-18(21)17-8-4-3-5-9-17/h3-11,16,19,24H,12-15,27H2,1-2H3,(H,28,30)/t19-,24?/m0/s1. The van der Waals surface area contributed by atoms with Crippen LogP contribution in [-0.2, 0) is 23.9 Å². The average Bonchev–Trinajstić information content (AvgIpc) is 2.81. The van der Waals surface area contributed by atoms with Crippen LogP contribution in [0.3, 0.4) is 0 Å². The van der Waals surface area contributed by atoms with Crippen LogP contribution in [0, 0.1) is 5.92 Å². The molecule has 0 heterocycles. The van der Waals surface area contributed by atoms with Crippen molar-refractivity contribution in [3.63, 3.8) is 0 Å². The Bertz CT molecular complexity index is 994. The van der Waals surface area contributed by atoms with Crippen LogP contribution in [0.1, 0.15) is 33.1 Å². The van der Waals surface area contributed by atoms with E-state index in [1.807, 2.05) is 56.3 Å². The Kier molecular flexibility index (Phi) is 10.3. The maximum atomic E-state index is 12.7. The van der Waals surface area contributed by atoms with Crippen molar-refractivity contribution < 1.29 is 33.0 Å². The molecule has 34 heavy (non-hydrogen) atoms. The quantitative estimate of drug-likeness (QED) is 0.276. The van der Waals surface area contributed by atoms with Gasteiger partial charge in [0.1, 0.15) is 11.8 Å². The summed E-state index contributed by atoms with van der Waals surface area (Å²) in [5, 5.41) is 2.53. The number of nitrogens with two attached hydrogens (primary N) is 1. The van der Waals surface area contributed by atoms with Crippen molar-refractivity contribution in [2.24, 2.45) is 11.7 Å². The van der Waals surface area contributed by atoms with E-state index in [9.17, 15) is 23.6 Å².